The van der Waals surface area contributed by atoms with Crippen LogP contribution in [0.5, 0.6) is 0 Å². The molecule has 0 unspecified atom stereocenters. The maximum Gasteiger partial charge on any atom is 0.139 e. The van der Waals surface area contributed by atoms with Gasteiger partial charge in [-0.05, 0) is 146 Å². The molecule has 15 aromatic rings. The lowest BCUT2D eigenvalue weighted by Gasteiger charge is -2.29. The second-order valence-corrected chi connectivity index (χ2v) is 20.1. The molecular weight excluding hydrogens is 949 g/mol. The molecule has 0 fully saturated rings. The largest absolute Gasteiger partial charge is 0.456 e. The zero-order chi connectivity index (χ0) is 51.5. The van der Waals surface area contributed by atoms with Crippen LogP contribution in [-0.2, 0) is 0 Å². The molecule has 2 aromatic heterocycles. The summed E-state index contributed by atoms with van der Waals surface area (Å²) in [5.41, 5.74) is 18.9. The minimum absolute atomic E-state index is 0.792. The maximum atomic E-state index is 6.78. The van der Waals surface area contributed by atoms with Gasteiger partial charge in [0.25, 0.3) is 0 Å². The predicted octanol–water partition coefficient (Wildman–Crippen LogP) is 21.4. The quantitative estimate of drug-likeness (QED) is 0.137. The third kappa shape index (κ3) is 7.94. The lowest BCUT2D eigenvalue weighted by atomic mass is 9.96. The molecule has 0 amide bonds. The number of anilines is 6. The van der Waals surface area contributed by atoms with Gasteiger partial charge in [0.1, 0.15) is 22.3 Å². The molecule has 0 aliphatic rings. The van der Waals surface area contributed by atoms with E-state index in [9.17, 15) is 0 Å². The smallest absolute Gasteiger partial charge is 0.139 e. The molecular formula is C74H48N2O2. The van der Waals surface area contributed by atoms with E-state index in [1.807, 2.05) is 0 Å². The highest BCUT2D eigenvalue weighted by Gasteiger charge is 2.23. The summed E-state index contributed by atoms with van der Waals surface area (Å²) in [4.78, 5) is 4.76. The number of fused-ring (bicyclic) bond motifs is 8. The number of hydrogen-bond donors (Lipinski definition) is 0. The molecule has 2 heterocycles. The number of rotatable bonds is 10. The summed E-state index contributed by atoms with van der Waals surface area (Å²) in [5, 5.41) is 8.70. The van der Waals surface area contributed by atoms with Gasteiger partial charge in [0.05, 0.1) is 11.4 Å². The van der Waals surface area contributed by atoms with Crippen molar-refractivity contribution >= 4 is 99.5 Å². The van der Waals surface area contributed by atoms with Crippen molar-refractivity contribution < 1.29 is 8.83 Å². The molecule has 0 saturated carbocycles. The molecule has 0 N–H and O–H groups in total. The Morgan fingerprint density at radius 3 is 0.949 bits per heavy atom. The maximum absolute atomic E-state index is 6.78. The van der Waals surface area contributed by atoms with E-state index in [2.05, 4.69) is 301 Å². The van der Waals surface area contributed by atoms with Crippen molar-refractivity contribution in [3.05, 3.63) is 291 Å². The Bertz CT molecular complexity index is 4410. The zero-order valence-electron chi connectivity index (χ0n) is 42.4. The van der Waals surface area contributed by atoms with E-state index >= 15 is 0 Å². The summed E-state index contributed by atoms with van der Waals surface area (Å²) >= 11 is 0. The van der Waals surface area contributed by atoms with Crippen LogP contribution in [0.15, 0.2) is 300 Å². The Morgan fingerprint density at radius 1 is 0.205 bits per heavy atom. The number of furan rings is 2. The van der Waals surface area contributed by atoms with Crippen molar-refractivity contribution in [2.24, 2.45) is 0 Å². The molecule has 4 heteroatoms. The van der Waals surface area contributed by atoms with Gasteiger partial charge in [-0.25, -0.2) is 0 Å². The highest BCUT2D eigenvalue weighted by atomic mass is 16.3. The van der Waals surface area contributed by atoms with E-state index in [4.69, 9.17) is 8.83 Å². The number of nitrogens with zero attached hydrogens (tertiary/aromatic N) is 2. The van der Waals surface area contributed by atoms with Crippen LogP contribution >= 0.6 is 0 Å². The first-order chi connectivity index (χ1) is 38.6. The Kier molecular flexibility index (Phi) is 10.8. The van der Waals surface area contributed by atoms with Gasteiger partial charge in [0.2, 0.25) is 0 Å². The fourth-order valence-corrected chi connectivity index (χ4v) is 11.6. The van der Waals surface area contributed by atoms with Gasteiger partial charge in [-0.1, -0.05) is 194 Å². The van der Waals surface area contributed by atoms with E-state index < -0.39 is 0 Å². The Balaban J connectivity index is 0.831. The molecule has 78 heavy (non-hydrogen) atoms. The van der Waals surface area contributed by atoms with E-state index in [0.29, 0.717) is 0 Å². The van der Waals surface area contributed by atoms with E-state index in [-0.39, 0.29) is 0 Å². The van der Waals surface area contributed by atoms with Crippen LogP contribution < -0.4 is 9.80 Å². The molecule has 0 spiro atoms. The van der Waals surface area contributed by atoms with Crippen LogP contribution in [-0.4, -0.2) is 0 Å². The number of hydrogen-bond acceptors (Lipinski definition) is 4. The Hall–Kier alpha value is -10.4. The van der Waals surface area contributed by atoms with Crippen molar-refractivity contribution in [1.82, 2.24) is 0 Å². The second kappa shape index (κ2) is 18.7. The normalized spacial score (nSPS) is 11.6. The van der Waals surface area contributed by atoms with E-state index in [1.165, 1.54) is 11.1 Å². The van der Waals surface area contributed by atoms with E-state index in [1.54, 1.807) is 0 Å². The van der Waals surface area contributed by atoms with Crippen LogP contribution in [0, 0.1) is 0 Å². The van der Waals surface area contributed by atoms with Crippen molar-refractivity contribution in [2.45, 2.75) is 0 Å². The van der Waals surface area contributed by atoms with Crippen LogP contribution in [0.2, 0.25) is 0 Å². The predicted molar refractivity (Wildman–Crippen MR) is 327 cm³/mol. The van der Waals surface area contributed by atoms with Crippen LogP contribution in [0.3, 0.4) is 0 Å². The fraction of sp³-hybridized carbons (Fsp3) is 0. The van der Waals surface area contributed by atoms with Gasteiger partial charge in [0, 0.05) is 61.5 Å². The highest BCUT2D eigenvalue weighted by Crippen LogP contribution is 2.47. The van der Waals surface area contributed by atoms with Gasteiger partial charge < -0.3 is 18.6 Å². The van der Waals surface area contributed by atoms with Crippen molar-refractivity contribution in [2.75, 3.05) is 9.80 Å². The summed E-state index contributed by atoms with van der Waals surface area (Å²) in [5.74, 6) is 0. The molecule has 15 rings (SSSR count). The average molecular weight is 997 g/mol. The molecule has 0 bridgehead atoms. The molecule has 0 radical (unpaired) electrons. The monoisotopic (exact) mass is 996 g/mol. The molecule has 0 aliphatic heterocycles. The molecule has 4 nitrogen and oxygen atoms in total. The summed E-state index contributed by atoms with van der Waals surface area (Å²) in [6.07, 6.45) is 0. The third-order valence-corrected chi connectivity index (χ3v) is 15.4. The second-order valence-electron chi connectivity index (χ2n) is 20.1. The highest BCUT2D eigenvalue weighted by molar-refractivity contribution is 6.18. The first-order valence-corrected chi connectivity index (χ1v) is 26.5. The molecule has 0 saturated heterocycles. The summed E-state index contributed by atoms with van der Waals surface area (Å²) in [7, 11) is 0. The first kappa shape index (κ1) is 45.0. The SMILES string of the molecule is c1ccc(-c2ccc(-c3ccccc3)c(N(c3ccccc3)c3ccc4cc5c(cc4c3)oc3cc4oc6cc7cc(N(c8ccccc8)c8cc(-c9ccccc9)ccc8-c8ccccc8)ccc7cc6c4cc35)c2)cc1. The lowest BCUT2D eigenvalue weighted by Crippen LogP contribution is -2.11. The van der Waals surface area contributed by atoms with Crippen molar-refractivity contribution in [3.63, 3.8) is 0 Å². The number of benzene rings is 13. The van der Waals surface area contributed by atoms with Crippen molar-refractivity contribution in [3.8, 4) is 44.5 Å². The van der Waals surface area contributed by atoms with Crippen LogP contribution in [0.1, 0.15) is 0 Å². The average Bonchev–Trinajstić information content (AvgIpc) is 4.05. The summed E-state index contributed by atoms with van der Waals surface area (Å²) in [6, 6.07) is 104. The number of para-hydroxylation sites is 2. The fourth-order valence-electron chi connectivity index (χ4n) is 11.6. The van der Waals surface area contributed by atoms with Gasteiger partial charge in [0.15, 0.2) is 0 Å². The Labute approximate surface area is 451 Å². The van der Waals surface area contributed by atoms with Gasteiger partial charge in [-0.15, -0.1) is 0 Å². The third-order valence-electron chi connectivity index (χ3n) is 15.4. The minimum Gasteiger partial charge on any atom is -0.456 e. The lowest BCUT2D eigenvalue weighted by molar-refractivity contribution is 0.656. The standard InChI is InChI=1S/C74H48N2O2/c1-7-19-49(20-8-1)55-33-37-63(51-23-11-3-12-24-51)69(43-55)75(59-27-15-5-16-28-59)61-35-31-53-41-65-67-47-68-66-42-54-32-36-62(40-58(54)46-72(66)78-74(68)48-73(67)77-71(65)45-57(53)39-61)76(60-29-17-6-18-30-60)70-44-56(50-21-9-2-10-22-50)34-38-64(70)52-25-13-4-14-26-52/h1-48H. The van der Waals surface area contributed by atoms with Gasteiger partial charge in [-0.2, -0.15) is 0 Å². The molecule has 366 valence electrons. The van der Waals surface area contributed by atoms with Crippen LogP contribution in [0.25, 0.3) is 110 Å². The molecule has 0 aliphatic carbocycles. The summed E-state index contributed by atoms with van der Waals surface area (Å²) in [6.45, 7) is 0. The molecule has 13 aromatic carbocycles. The van der Waals surface area contributed by atoms with Gasteiger partial charge >= 0.3 is 0 Å². The van der Waals surface area contributed by atoms with Crippen molar-refractivity contribution in [1.29, 1.82) is 0 Å². The zero-order valence-corrected chi connectivity index (χ0v) is 42.4. The van der Waals surface area contributed by atoms with Crippen LogP contribution in [0.4, 0.5) is 34.1 Å². The first-order valence-electron chi connectivity index (χ1n) is 26.5. The topological polar surface area (TPSA) is 32.8 Å². The van der Waals surface area contributed by atoms with E-state index in [0.717, 1.165) is 133 Å². The van der Waals surface area contributed by atoms with Gasteiger partial charge in [-0.3, -0.25) is 0 Å². The molecule has 0 atom stereocenters. The Morgan fingerprint density at radius 2 is 0.551 bits per heavy atom. The minimum atomic E-state index is 0.792. The summed E-state index contributed by atoms with van der Waals surface area (Å²) < 4.78 is 13.6.